The second-order valence-corrected chi connectivity index (χ2v) is 3.57. The molecule has 0 bridgehead atoms. The predicted octanol–water partition coefficient (Wildman–Crippen LogP) is 1.19. The Morgan fingerprint density at radius 3 is 2.92 bits per heavy atom. The minimum absolute atomic E-state index is 0.137. The summed E-state index contributed by atoms with van der Waals surface area (Å²) in [6.45, 7) is 5.34. The molecule has 70 valence electrons. The minimum Gasteiger partial charge on any atom is -0.386 e. The smallest absolute Gasteiger partial charge is 0.108 e. The van der Waals surface area contributed by atoms with Crippen LogP contribution in [0.3, 0.4) is 0 Å². The molecule has 3 heteroatoms. The zero-order chi connectivity index (χ0) is 9.14. The maximum atomic E-state index is 7.37. The van der Waals surface area contributed by atoms with E-state index in [1.54, 1.807) is 0 Å². The lowest BCUT2D eigenvalue weighted by Gasteiger charge is -2.28. The van der Waals surface area contributed by atoms with Crippen molar-refractivity contribution in [1.29, 1.82) is 5.41 Å². The van der Waals surface area contributed by atoms with E-state index in [-0.39, 0.29) is 6.04 Å². The largest absolute Gasteiger partial charge is 0.386 e. The fourth-order valence-corrected chi connectivity index (χ4v) is 1.99. The summed E-state index contributed by atoms with van der Waals surface area (Å²) < 4.78 is 0. The zero-order valence-electron chi connectivity index (χ0n) is 8.01. The van der Waals surface area contributed by atoms with Gasteiger partial charge in [0.25, 0.3) is 0 Å². The van der Waals surface area contributed by atoms with E-state index in [1.807, 2.05) is 6.92 Å². The van der Waals surface area contributed by atoms with Gasteiger partial charge in [-0.25, -0.2) is 0 Å². The van der Waals surface area contributed by atoms with Gasteiger partial charge in [0, 0.05) is 6.04 Å². The maximum Gasteiger partial charge on any atom is 0.108 e. The highest BCUT2D eigenvalue weighted by atomic mass is 15.2. The maximum absolute atomic E-state index is 7.37. The number of rotatable bonds is 3. The van der Waals surface area contributed by atoms with Gasteiger partial charge in [-0.3, -0.25) is 10.3 Å². The molecule has 1 rings (SSSR count). The third-order valence-electron chi connectivity index (χ3n) is 2.84. The summed E-state index contributed by atoms with van der Waals surface area (Å²) in [6, 6.07) is 0.793. The molecule has 12 heavy (non-hydrogen) atoms. The van der Waals surface area contributed by atoms with Gasteiger partial charge in [-0.2, -0.15) is 0 Å². The van der Waals surface area contributed by atoms with Crippen molar-refractivity contribution in [2.24, 2.45) is 5.73 Å². The monoisotopic (exact) mass is 169 g/mol. The molecule has 1 aliphatic rings. The van der Waals surface area contributed by atoms with Gasteiger partial charge >= 0.3 is 0 Å². The quantitative estimate of drug-likeness (QED) is 0.492. The first-order valence-corrected chi connectivity index (χ1v) is 4.76. The third-order valence-corrected chi connectivity index (χ3v) is 2.84. The topological polar surface area (TPSA) is 53.1 Å². The number of likely N-dealkylation sites (tertiary alicyclic amines) is 1. The number of hydrogen-bond donors (Lipinski definition) is 2. The molecule has 0 amide bonds. The van der Waals surface area contributed by atoms with E-state index in [9.17, 15) is 0 Å². The molecule has 1 saturated heterocycles. The van der Waals surface area contributed by atoms with Crippen LogP contribution < -0.4 is 5.73 Å². The number of amidine groups is 1. The van der Waals surface area contributed by atoms with Gasteiger partial charge in [-0.1, -0.05) is 6.92 Å². The molecule has 0 spiro atoms. The Balaban J connectivity index is 2.55. The molecule has 0 aromatic rings. The van der Waals surface area contributed by atoms with Crippen LogP contribution in [-0.4, -0.2) is 29.4 Å². The molecule has 0 aliphatic carbocycles. The fraction of sp³-hybridized carbons (Fsp3) is 0.889. The van der Waals surface area contributed by atoms with Crippen molar-refractivity contribution in [3.8, 4) is 0 Å². The van der Waals surface area contributed by atoms with Crippen LogP contribution in [0.15, 0.2) is 0 Å². The Morgan fingerprint density at radius 2 is 2.42 bits per heavy atom. The van der Waals surface area contributed by atoms with Gasteiger partial charge in [0.1, 0.15) is 5.84 Å². The summed E-state index contributed by atoms with van der Waals surface area (Å²) in [7, 11) is 0. The fourth-order valence-electron chi connectivity index (χ4n) is 1.99. The number of nitrogens with two attached hydrogens (primary N) is 1. The van der Waals surface area contributed by atoms with Crippen molar-refractivity contribution in [2.45, 2.75) is 45.2 Å². The van der Waals surface area contributed by atoms with Gasteiger partial charge in [0.15, 0.2) is 0 Å². The van der Waals surface area contributed by atoms with Crippen LogP contribution in [0.1, 0.15) is 33.1 Å². The molecule has 0 radical (unpaired) electrons. The molecule has 2 atom stereocenters. The molecule has 1 heterocycles. The van der Waals surface area contributed by atoms with E-state index < -0.39 is 0 Å². The van der Waals surface area contributed by atoms with E-state index in [4.69, 9.17) is 11.1 Å². The van der Waals surface area contributed by atoms with E-state index >= 15 is 0 Å². The SMILES string of the molecule is CCC1CCCN1C(C)C(=N)N. The van der Waals surface area contributed by atoms with E-state index in [0.29, 0.717) is 11.9 Å². The summed E-state index contributed by atoms with van der Waals surface area (Å²) in [6.07, 6.45) is 3.71. The molecule has 3 N–H and O–H groups in total. The standard InChI is InChI=1S/C9H19N3/c1-3-8-5-4-6-12(8)7(2)9(10)11/h7-8H,3-6H2,1-2H3,(H3,10,11). The normalized spacial score (nSPS) is 27.3. The van der Waals surface area contributed by atoms with Crippen molar-refractivity contribution in [3.05, 3.63) is 0 Å². The zero-order valence-corrected chi connectivity index (χ0v) is 8.01. The summed E-state index contributed by atoms with van der Waals surface area (Å²) >= 11 is 0. The Morgan fingerprint density at radius 1 is 1.75 bits per heavy atom. The lowest BCUT2D eigenvalue weighted by molar-refractivity contribution is 0.227. The van der Waals surface area contributed by atoms with Crippen molar-refractivity contribution in [3.63, 3.8) is 0 Å². The van der Waals surface area contributed by atoms with E-state index in [2.05, 4.69) is 11.8 Å². The Bertz CT molecular complexity index is 167. The van der Waals surface area contributed by atoms with Crippen molar-refractivity contribution >= 4 is 5.84 Å². The summed E-state index contributed by atoms with van der Waals surface area (Å²) in [5.74, 6) is 0.301. The molecule has 1 aliphatic heterocycles. The van der Waals surface area contributed by atoms with Crippen LogP contribution in [0.4, 0.5) is 0 Å². The van der Waals surface area contributed by atoms with Crippen LogP contribution in [0.25, 0.3) is 0 Å². The number of nitrogens with one attached hydrogen (secondary N) is 1. The second kappa shape index (κ2) is 3.90. The molecular formula is C9H19N3. The molecule has 3 nitrogen and oxygen atoms in total. The van der Waals surface area contributed by atoms with Crippen LogP contribution in [0.5, 0.6) is 0 Å². The Kier molecular flexibility index (Phi) is 3.09. The first-order valence-electron chi connectivity index (χ1n) is 4.76. The van der Waals surface area contributed by atoms with Gasteiger partial charge in [-0.05, 0) is 32.7 Å². The van der Waals surface area contributed by atoms with Gasteiger partial charge in [0.2, 0.25) is 0 Å². The molecule has 0 saturated carbocycles. The lowest BCUT2D eigenvalue weighted by Crippen LogP contribution is -2.44. The van der Waals surface area contributed by atoms with Gasteiger partial charge in [-0.15, -0.1) is 0 Å². The van der Waals surface area contributed by atoms with Crippen molar-refractivity contribution in [1.82, 2.24) is 4.90 Å². The summed E-state index contributed by atoms with van der Waals surface area (Å²) in [5, 5.41) is 7.37. The van der Waals surface area contributed by atoms with E-state index in [0.717, 1.165) is 6.54 Å². The summed E-state index contributed by atoms with van der Waals surface area (Å²) in [4.78, 5) is 2.35. The molecule has 1 fully saturated rings. The van der Waals surface area contributed by atoms with Crippen LogP contribution in [0, 0.1) is 5.41 Å². The van der Waals surface area contributed by atoms with Gasteiger partial charge in [0.05, 0.1) is 6.04 Å². The molecule has 0 aromatic carbocycles. The number of nitrogens with zero attached hydrogens (tertiary/aromatic N) is 1. The number of hydrogen-bond acceptors (Lipinski definition) is 2. The molecule has 0 aromatic heterocycles. The average Bonchev–Trinajstić information content (AvgIpc) is 2.49. The van der Waals surface area contributed by atoms with Crippen molar-refractivity contribution in [2.75, 3.05) is 6.54 Å². The summed E-state index contributed by atoms with van der Waals surface area (Å²) in [5.41, 5.74) is 5.47. The van der Waals surface area contributed by atoms with Gasteiger partial charge < -0.3 is 5.73 Å². The average molecular weight is 169 g/mol. The highest BCUT2D eigenvalue weighted by Crippen LogP contribution is 2.21. The highest BCUT2D eigenvalue weighted by molar-refractivity contribution is 5.82. The van der Waals surface area contributed by atoms with Crippen molar-refractivity contribution < 1.29 is 0 Å². The predicted molar refractivity (Wildman–Crippen MR) is 51.4 cm³/mol. The second-order valence-electron chi connectivity index (χ2n) is 3.57. The van der Waals surface area contributed by atoms with Crippen LogP contribution in [-0.2, 0) is 0 Å². The Hall–Kier alpha value is -0.570. The first-order chi connectivity index (χ1) is 5.66. The van der Waals surface area contributed by atoms with Crippen LogP contribution >= 0.6 is 0 Å². The lowest BCUT2D eigenvalue weighted by atomic mass is 10.1. The Labute approximate surface area is 74.4 Å². The molecular weight excluding hydrogens is 150 g/mol. The third kappa shape index (κ3) is 1.78. The molecule has 2 unspecified atom stereocenters. The highest BCUT2D eigenvalue weighted by Gasteiger charge is 2.27. The van der Waals surface area contributed by atoms with E-state index in [1.165, 1.54) is 19.3 Å². The first kappa shape index (κ1) is 9.52. The van der Waals surface area contributed by atoms with Crippen LogP contribution in [0.2, 0.25) is 0 Å². The minimum atomic E-state index is 0.137.